The van der Waals surface area contributed by atoms with Gasteiger partial charge < -0.3 is 0 Å². The van der Waals surface area contributed by atoms with Gasteiger partial charge in [-0.3, -0.25) is 0 Å². The number of nitrogens with zero attached hydrogens (tertiary/aromatic N) is 2. The highest BCUT2D eigenvalue weighted by Crippen LogP contribution is 2.23. The summed E-state index contributed by atoms with van der Waals surface area (Å²) in [6.45, 7) is 8.55. The molecule has 90 valence electrons. The maximum absolute atomic E-state index is 4.44. The van der Waals surface area contributed by atoms with E-state index in [1.807, 2.05) is 19.9 Å². The summed E-state index contributed by atoms with van der Waals surface area (Å²) in [5.74, 6) is 2.44. The van der Waals surface area contributed by atoms with Crippen LogP contribution in [0, 0.1) is 25.7 Å². The highest BCUT2D eigenvalue weighted by molar-refractivity contribution is 9.09. The Kier molecular flexibility index (Phi) is 5.76. The fourth-order valence-corrected chi connectivity index (χ4v) is 3.92. The lowest BCUT2D eigenvalue weighted by atomic mass is 10.0. The molecule has 0 aliphatic rings. The summed E-state index contributed by atoms with van der Waals surface area (Å²) in [4.78, 5) is 8.87. The van der Waals surface area contributed by atoms with E-state index in [1.165, 1.54) is 0 Å². The fourth-order valence-electron chi connectivity index (χ4n) is 1.35. The maximum Gasteiger partial charge on any atom is 0.187 e. The van der Waals surface area contributed by atoms with Gasteiger partial charge in [0.25, 0.3) is 0 Å². The van der Waals surface area contributed by atoms with Gasteiger partial charge in [-0.05, 0) is 31.7 Å². The average Bonchev–Trinajstić information content (AvgIpc) is 2.16. The van der Waals surface area contributed by atoms with Crippen molar-refractivity contribution in [3.05, 3.63) is 17.5 Å². The van der Waals surface area contributed by atoms with E-state index in [0.29, 0.717) is 11.8 Å². The Balaban J connectivity index is 2.60. The van der Waals surface area contributed by atoms with Crippen LogP contribution >= 0.6 is 27.7 Å². The molecule has 0 saturated carbocycles. The molecule has 0 bridgehead atoms. The van der Waals surface area contributed by atoms with Gasteiger partial charge in [0.15, 0.2) is 5.16 Å². The third-order valence-corrected chi connectivity index (χ3v) is 4.40. The van der Waals surface area contributed by atoms with Crippen LogP contribution in [0.4, 0.5) is 0 Å². The molecule has 0 amide bonds. The Bertz CT molecular complexity index is 322. The molecule has 0 aliphatic heterocycles. The minimum Gasteiger partial charge on any atom is -0.228 e. The number of thioether (sulfide) groups is 1. The zero-order valence-electron chi connectivity index (χ0n) is 10.3. The van der Waals surface area contributed by atoms with Crippen LogP contribution in [0.1, 0.15) is 25.2 Å². The fraction of sp³-hybridized carbons (Fsp3) is 0.667. The van der Waals surface area contributed by atoms with E-state index < -0.39 is 0 Å². The van der Waals surface area contributed by atoms with Crippen molar-refractivity contribution in [2.45, 2.75) is 32.9 Å². The zero-order valence-corrected chi connectivity index (χ0v) is 12.7. The molecule has 1 atom stereocenters. The van der Waals surface area contributed by atoms with Gasteiger partial charge in [-0.2, -0.15) is 0 Å². The Hall–Kier alpha value is -0.0900. The second-order valence-corrected chi connectivity index (χ2v) is 6.04. The van der Waals surface area contributed by atoms with Crippen LogP contribution < -0.4 is 0 Å². The topological polar surface area (TPSA) is 25.8 Å². The van der Waals surface area contributed by atoms with E-state index in [0.717, 1.165) is 27.6 Å². The molecule has 1 aromatic rings. The molecule has 4 heteroatoms. The van der Waals surface area contributed by atoms with Crippen molar-refractivity contribution >= 4 is 27.7 Å². The van der Waals surface area contributed by atoms with Crippen molar-refractivity contribution in [3.63, 3.8) is 0 Å². The van der Waals surface area contributed by atoms with Crippen LogP contribution in [-0.2, 0) is 0 Å². The van der Waals surface area contributed by atoms with Gasteiger partial charge in [-0.15, -0.1) is 0 Å². The van der Waals surface area contributed by atoms with Gasteiger partial charge in [0.2, 0.25) is 0 Å². The van der Waals surface area contributed by atoms with Crippen molar-refractivity contribution in [1.82, 2.24) is 9.97 Å². The third kappa shape index (κ3) is 4.42. The predicted octanol–water partition coefficient (Wildman–Crippen LogP) is 3.85. The van der Waals surface area contributed by atoms with E-state index >= 15 is 0 Å². The van der Waals surface area contributed by atoms with Crippen molar-refractivity contribution < 1.29 is 0 Å². The summed E-state index contributed by atoms with van der Waals surface area (Å²) in [6.07, 6.45) is 0. The number of hydrogen-bond acceptors (Lipinski definition) is 3. The molecule has 0 spiro atoms. The third-order valence-electron chi connectivity index (χ3n) is 2.53. The summed E-state index contributed by atoms with van der Waals surface area (Å²) < 4.78 is 0. The minimum atomic E-state index is 0.675. The first-order chi connectivity index (χ1) is 7.52. The van der Waals surface area contributed by atoms with Crippen LogP contribution in [0.3, 0.4) is 0 Å². The SMILES string of the molecule is Cc1cc(C)nc(SCC(CBr)C(C)C)n1. The second kappa shape index (κ2) is 6.60. The van der Waals surface area contributed by atoms with Crippen LogP contribution in [0.5, 0.6) is 0 Å². The lowest BCUT2D eigenvalue weighted by molar-refractivity contribution is 0.474. The number of aryl methyl sites for hydroxylation is 2. The molecule has 16 heavy (non-hydrogen) atoms. The molecular formula is C12H19BrN2S. The number of rotatable bonds is 5. The lowest BCUT2D eigenvalue weighted by Gasteiger charge is -2.16. The van der Waals surface area contributed by atoms with Crippen molar-refractivity contribution in [3.8, 4) is 0 Å². The van der Waals surface area contributed by atoms with Gasteiger partial charge in [0.1, 0.15) is 0 Å². The van der Waals surface area contributed by atoms with Gasteiger partial charge >= 0.3 is 0 Å². The van der Waals surface area contributed by atoms with Gasteiger partial charge in [0, 0.05) is 22.5 Å². The van der Waals surface area contributed by atoms with Crippen molar-refractivity contribution in [2.24, 2.45) is 11.8 Å². The summed E-state index contributed by atoms with van der Waals surface area (Å²) >= 11 is 5.32. The first-order valence-corrected chi connectivity index (χ1v) is 7.64. The van der Waals surface area contributed by atoms with E-state index in [4.69, 9.17) is 0 Å². The molecule has 0 N–H and O–H groups in total. The second-order valence-electron chi connectivity index (χ2n) is 4.40. The Labute approximate surface area is 111 Å². The standard InChI is InChI=1S/C12H19BrN2S/c1-8(2)11(6-13)7-16-12-14-9(3)5-10(4)15-12/h5,8,11H,6-7H2,1-4H3. The first kappa shape index (κ1) is 14.0. The van der Waals surface area contributed by atoms with Crippen LogP contribution in [0.15, 0.2) is 11.2 Å². The van der Waals surface area contributed by atoms with Crippen LogP contribution in [-0.4, -0.2) is 21.1 Å². The van der Waals surface area contributed by atoms with Gasteiger partial charge in [-0.1, -0.05) is 41.5 Å². The Morgan fingerprint density at radius 3 is 2.25 bits per heavy atom. The number of halogens is 1. The van der Waals surface area contributed by atoms with E-state index in [1.54, 1.807) is 11.8 Å². The smallest absolute Gasteiger partial charge is 0.187 e. The molecule has 0 aliphatic carbocycles. The minimum absolute atomic E-state index is 0.675. The first-order valence-electron chi connectivity index (χ1n) is 5.54. The molecule has 1 unspecified atom stereocenters. The molecule has 0 aromatic carbocycles. The van der Waals surface area contributed by atoms with Crippen molar-refractivity contribution in [1.29, 1.82) is 0 Å². The summed E-state index contributed by atoms with van der Waals surface area (Å²) in [7, 11) is 0. The molecule has 0 fully saturated rings. The molecule has 1 aromatic heterocycles. The summed E-state index contributed by atoms with van der Waals surface area (Å²) in [5, 5.41) is 1.95. The van der Waals surface area contributed by atoms with Gasteiger partial charge in [0.05, 0.1) is 0 Å². The van der Waals surface area contributed by atoms with Crippen LogP contribution in [0.2, 0.25) is 0 Å². The van der Waals surface area contributed by atoms with E-state index in [9.17, 15) is 0 Å². The van der Waals surface area contributed by atoms with Crippen molar-refractivity contribution in [2.75, 3.05) is 11.1 Å². The number of aromatic nitrogens is 2. The van der Waals surface area contributed by atoms with Crippen LogP contribution in [0.25, 0.3) is 0 Å². The number of alkyl halides is 1. The summed E-state index contributed by atoms with van der Waals surface area (Å²) in [5.41, 5.74) is 2.10. The molecule has 1 heterocycles. The zero-order chi connectivity index (χ0) is 12.1. The predicted molar refractivity (Wildman–Crippen MR) is 74.4 cm³/mol. The van der Waals surface area contributed by atoms with E-state index in [2.05, 4.69) is 39.7 Å². The lowest BCUT2D eigenvalue weighted by Crippen LogP contribution is -2.13. The van der Waals surface area contributed by atoms with E-state index in [-0.39, 0.29) is 0 Å². The molecule has 1 rings (SSSR count). The Morgan fingerprint density at radius 1 is 1.25 bits per heavy atom. The largest absolute Gasteiger partial charge is 0.228 e. The molecular weight excluding hydrogens is 284 g/mol. The monoisotopic (exact) mass is 302 g/mol. The summed E-state index contributed by atoms with van der Waals surface area (Å²) in [6, 6.07) is 2.01. The maximum atomic E-state index is 4.44. The van der Waals surface area contributed by atoms with Gasteiger partial charge in [-0.25, -0.2) is 9.97 Å². The molecule has 2 nitrogen and oxygen atoms in total. The average molecular weight is 303 g/mol. The normalized spacial score (nSPS) is 13.1. The number of hydrogen-bond donors (Lipinski definition) is 0. The molecule has 0 radical (unpaired) electrons. The highest BCUT2D eigenvalue weighted by Gasteiger charge is 2.13. The highest BCUT2D eigenvalue weighted by atomic mass is 79.9. The Morgan fingerprint density at radius 2 is 1.81 bits per heavy atom. The molecule has 0 saturated heterocycles. The quantitative estimate of drug-likeness (QED) is 0.469.